The molecule has 0 radical (unpaired) electrons. The van der Waals surface area contributed by atoms with E-state index < -0.39 is 5.97 Å². The molecule has 5 nitrogen and oxygen atoms in total. The molecule has 2 heterocycles. The van der Waals surface area contributed by atoms with Gasteiger partial charge in [-0.1, -0.05) is 6.42 Å². The molecule has 2 aliphatic carbocycles. The third-order valence-corrected chi connectivity index (χ3v) is 7.37. The monoisotopic (exact) mass is 334 g/mol. The van der Waals surface area contributed by atoms with Crippen molar-refractivity contribution in [3.05, 3.63) is 0 Å². The Labute approximate surface area is 144 Å². The topological polar surface area (TPSA) is 60.9 Å². The number of carbonyl (C=O) groups is 2. The summed E-state index contributed by atoms with van der Waals surface area (Å²) in [4.78, 5) is 28.3. The number of carboxylic acids is 1. The van der Waals surface area contributed by atoms with Crippen LogP contribution in [0.5, 0.6) is 0 Å². The van der Waals surface area contributed by atoms with E-state index in [1.165, 1.54) is 19.3 Å². The summed E-state index contributed by atoms with van der Waals surface area (Å²) in [5.74, 6) is 0.440. The summed E-state index contributed by atoms with van der Waals surface area (Å²) in [6, 6.07) is 0. The van der Waals surface area contributed by atoms with Crippen LogP contribution in [0.2, 0.25) is 0 Å². The van der Waals surface area contributed by atoms with Crippen molar-refractivity contribution in [1.82, 2.24) is 9.80 Å². The molecule has 0 bridgehead atoms. The first-order valence-corrected chi connectivity index (χ1v) is 9.75. The number of aliphatic carboxylic acids is 1. The number of amides is 1. The molecule has 4 fully saturated rings. The third-order valence-electron chi connectivity index (χ3n) is 7.37. The second kappa shape index (κ2) is 6.01. The summed E-state index contributed by atoms with van der Waals surface area (Å²) in [6.07, 6.45) is 10.2. The fourth-order valence-electron chi connectivity index (χ4n) is 5.40. The minimum atomic E-state index is -0.669. The molecule has 0 aromatic carbocycles. The van der Waals surface area contributed by atoms with Gasteiger partial charge in [0.05, 0.1) is 6.42 Å². The van der Waals surface area contributed by atoms with E-state index in [0.717, 1.165) is 70.6 Å². The quantitative estimate of drug-likeness (QED) is 0.839. The molecule has 2 saturated carbocycles. The average molecular weight is 334 g/mol. The van der Waals surface area contributed by atoms with E-state index in [2.05, 4.69) is 9.80 Å². The summed E-state index contributed by atoms with van der Waals surface area (Å²) in [5.41, 5.74) is 0.0904. The smallest absolute Gasteiger partial charge is 0.305 e. The lowest BCUT2D eigenvalue weighted by Gasteiger charge is -2.53. The lowest BCUT2D eigenvalue weighted by molar-refractivity contribution is -0.143. The van der Waals surface area contributed by atoms with Gasteiger partial charge in [0.1, 0.15) is 0 Å². The van der Waals surface area contributed by atoms with E-state index in [0.29, 0.717) is 5.91 Å². The Bertz CT molecular complexity index is 517. The molecule has 24 heavy (non-hydrogen) atoms. The Morgan fingerprint density at radius 3 is 2.33 bits per heavy atom. The standard InChI is InChI=1S/C19H30N2O3/c22-16-11-18(14-20(16)13-15-3-1-4-15)7-9-21(10-8-18)19(5-2-6-19)12-17(23)24/h15H,1-14H2,(H,23,24). The fraction of sp³-hybridized carbons (Fsp3) is 0.895. The largest absolute Gasteiger partial charge is 0.481 e. The van der Waals surface area contributed by atoms with E-state index in [-0.39, 0.29) is 17.4 Å². The maximum atomic E-state index is 12.4. The van der Waals surface area contributed by atoms with Crippen LogP contribution in [0.1, 0.15) is 64.2 Å². The summed E-state index contributed by atoms with van der Waals surface area (Å²) in [6.45, 7) is 3.87. The van der Waals surface area contributed by atoms with Crippen molar-refractivity contribution in [3.63, 3.8) is 0 Å². The van der Waals surface area contributed by atoms with Gasteiger partial charge in [-0.2, -0.15) is 0 Å². The minimum Gasteiger partial charge on any atom is -0.481 e. The second-order valence-corrected chi connectivity index (χ2v) is 8.88. The predicted molar refractivity (Wildman–Crippen MR) is 90.6 cm³/mol. The maximum absolute atomic E-state index is 12.4. The van der Waals surface area contributed by atoms with Crippen molar-refractivity contribution in [2.24, 2.45) is 11.3 Å². The van der Waals surface area contributed by atoms with Gasteiger partial charge >= 0.3 is 5.97 Å². The Balaban J connectivity index is 1.35. The summed E-state index contributed by atoms with van der Waals surface area (Å²) in [7, 11) is 0. The first-order valence-electron chi connectivity index (χ1n) is 9.75. The number of carbonyl (C=O) groups excluding carboxylic acids is 1. The lowest BCUT2D eigenvalue weighted by atomic mass is 9.69. The molecule has 2 aliphatic heterocycles. The van der Waals surface area contributed by atoms with Gasteiger partial charge in [-0.05, 0) is 69.4 Å². The van der Waals surface area contributed by atoms with Gasteiger partial charge in [-0.15, -0.1) is 0 Å². The average Bonchev–Trinajstić information content (AvgIpc) is 2.75. The molecule has 5 heteroatoms. The van der Waals surface area contributed by atoms with Gasteiger partial charge in [0.25, 0.3) is 0 Å². The molecule has 134 valence electrons. The van der Waals surface area contributed by atoms with Crippen LogP contribution in [0.15, 0.2) is 0 Å². The van der Waals surface area contributed by atoms with E-state index in [4.69, 9.17) is 0 Å². The van der Waals surface area contributed by atoms with E-state index in [1.54, 1.807) is 0 Å². The third kappa shape index (κ3) is 2.85. The zero-order valence-corrected chi connectivity index (χ0v) is 14.6. The molecule has 0 atom stereocenters. The number of hydrogen-bond acceptors (Lipinski definition) is 3. The Morgan fingerprint density at radius 2 is 1.83 bits per heavy atom. The van der Waals surface area contributed by atoms with Crippen molar-refractivity contribution in [3.8, 4) is 0 Å². The number of likely N-dealkylation sites (tertiary alicyclic amines) is 2. The summed E-state index contributed by atoms with van der Waals surface area (Å²) >= 11 is 0. The van der Waals surface area contributed by atoms with Crippen molar-refractivity contribution < 1.29 is 14.7 Å². The normalized spacial score (nSPS) is 29.5. The Kier molecular flexibility index (Phi) is 4.10. The van der Waals surface area contributed by atoms with Crippen LogP contribution in [-0.2, 0) is 9.59 Å². The van der Waals surface area contributed by atoms with Crippen molar-refractivity contribution >= 4 is 11.9 Å². The molecule has 0 aromatic heterocycles. The number of carboxylic acid groups (broad SMARTS) is 1. The molecular weight excluding hydrogens is 304 g/mol. The molecule has 0 aromatic rings. The van der Waals surface area contributed by atoms with Crippen LogP contribution in [0.3, 0.4) is 0 Å². The van der Waals surface area contributed by atoms with E-state index >= 15 is 0 Å². The van der Waals surface area contributed by atoms with Crippen molar-refractivity contribution in [2.75, 3.05) is 26.2 Å². The summed E-state index contributed by atoms with van der Waals surface area (Å²) < 4.78 is 0. The van der Waals surface area contributed by atoms with E-state index in [9.17, 15) is 14.7 Å². The minimum absolute atomic E-state index is 0.0817. The van der Waals surface area contributed by atoms with Crippen molar-refractivity contribution in [1.29, 1.82) is 0 Å². The molecule has 0 unspecified atom stereocenters. The zero-order valence-electron chi connectivity index (χ0n) is 14.6. The highest BCUT2D eigenvalue weighted by Crippen LogP contribution is 2.47. The SMILES string of the molecule is O=C(O)CC1(N2CCC3(CC2)CC(=O)N(CC2CCC2)C3)CCC1. The molecule has 4 rings (SSSR count). The fourth-order valence-corrected chi connectivity index (χ4v) is 5.40. The van der Waals surface area contributed by atoms with Gasteiger partial charge in [0.2, 0.25) is 5.91 Å². The highest BCUT2D eigenvalue weighted by atomic mass is 16.4. The molecular formula is C19H30N2O3. The van der Waals surface area contributed by atoms with Crippen LogP contribution >= 0.6 is 0 Å². The molecule has 1 amide bonds. The van der Waals surface area contributed by atoms with Gasteiger partial charge in [0, 0.05) is 25.0 Å². The number of rotatable bonds is 5. The van der Waals surface area contributed by atoms with Crippen LogP contribution in [0.4, 0.5) is 0 Å². The molecule has 1 spiro atoms. The predicted octanol–water partition coefficient (Wildman–Crippen LogP) is 2.50. The van der Waals surface area contributed by atoms with Crippen LogP contribution in [0, 0.1) is 11.3 Å². The van der Waals surface area contributed by atoms with Gasteiger partial charge in [0.15, 0.2) is 0 Å². The number of piperidine rings is 1. The van der Waals surface area contributed by atoms with Crippen LogP contribution in [0.25, 0.3) is 0 Å². The summed E-state index contributed by atoms with van der Waals surface area (Å²) in [5, 5.41) is 9.25. The van der Waals surface area contributed by atoms with Crippen molar-refractivity contribution in [2.45, 2.75) is 69.7 Å². The molecule has 4 aliphatic rings. The Morgan fingerprint density at radius 1 is 1.12 bits per heavy atom. The maximum Gasteiger partial charge on any atom is 0.305 e. The van der Waals surface area contributed by atoms with E-state index in [1.807, 2.05) is 0 Å². The Hall–Kier alpha value is -1.10. The second-order valence-electron chi connectivity index (χ2n) is 8.88. The lowest BCUT2D eigenvalue weighted by Crippen LogP contribution is -2.58. The molecule has 2 saturated heterocycles. The zero-order chi connectivity index (χ0) is 16.8. The number of nitrogens with zero attached hydrogens (tertiary/aromatic N) is 2. The first kappa shape index (κ1) is 16.4. The highest BCUT2D eigenvalue weighted by molar-refractivity contribution is 5.79. The van der Waals surface area contributed by atoms with Gasteiger partial charge in [-0.25, -0.2) is 0 Å². The highest BCUT2D eigenvalue weighted by Gasteiger charge is 2.50. The first-order chi connectivity index (χ1) is 11.5. The van der Waals surface area contributed by atoms with Gasteiger partial charge < -0.3 is 10.0 Å². The van der Waals surface area contributed by atoms with Crippen LogP contribution < -0.4 is 0 Å². The van der Waals surface area contributed by atoms with Gasteiger partial charge in [-0.3, -0.25) is 14.5 Å². The number of hydrogen-bond donors (Lipinski definition) is 1. The van der Waals surface area contributed by atoms with Crippen LogP contribution in [-0.4, -0.2) is 58.5 Å². The molecule has 1 N–H and O–H groups in total.